The van der Waals surface area contributed by atoms with Crippen molar-refractivity contribution in [1.29, 1.82) is 0 Å². The fourth-order valence-corrected chi connectivity index (χ4v) is 3.28. The minimum absolute atomic E-state index is 0.102. The normalized spacial score (nSPS) is 11.2. The van der Waals surface area contributed by atoms with E-state index in [1.165, 1.54) is 29.8 Å². The molecule has 0 bridgehead atoms. The van der Waals surface area contributed by atoms with Gasteiger partial charge in [0.1, 0.15) is 11.6 Å². The number of imidazole rings is 1. The van der Waals surface area contributed by atoms with Crippen LogP contribution in [0.15, 0.2) is 58.1 Å². The molecule has 2 heterocycles. The summed E-state index contributed by atoms with van der Waals surface area (Å²) in [5.74, 6) is -0.209. The molecule has 0 aliphatic heterocycles. The predicted octanol–water partition coefficient (Wildman–Crippen LogP) is 2.72. The van der Waals surface area contributed by atoms with Crippen LogP contribution in [0.3, 0.4) is 0 Å². The van der Waals surface area contributed by atoms with Crippen molar-refractivity contribution in [2.45, 2.75) is 13.5 Å². The van der Waals surface area contributed by atoms with Crippen molar-refractivity contribution in [2.24, 2.45) is 14.1 Å². The van der Waals surface area contributed by atoms with E-state index in [-0.39, 0.29) is 22.9 Å². The van der Waals surface area contributed by atoms with E-state index in [4.69, 9.17) is 4.74 Å². The summed E-state index contributed by atoms with van der Waals surface area (Å²) in [6, 6.07) is 13.6. The number of rotatable bonds is 4. The predicted molar refractivity (Wildman–Crippen MR) is 107 cm³/mol. The largest absolute Gasteiger partial charge is 0.425 e. The monoisotopic (exact) mass is 394 g/mol. The number of aromatic nitrogens is 4. The molecular formula is C21H19FN4O3. The number of ether oxygens (including phenoxy) is 1. The van der Waals surface area contributed by atoms with Gasteiger partial charge in [0.2, 0.25) is 0 Å². The number of halogens is 1. The number of nitrogens with zero attached hydrogens (tertiary/aromatic N) is 4. The van der Waals surface area contributed by atoms with E-state index >= 15 is 0 Å². The molecule has 0 fully saturated rings. The molecule has 0 spiro atoms. The molecule has 29 heavy (non-hydrogen) atoms. The Morgan fingerprint density at radius 1 is 1.03 bits per heavy atom. The number of benzene rings is 2. The van der Waals surface area contributed by atoms with Crippen molar-refractivity contribution in [3.8, 4) is 11.8 Å². The summed E-state index contributed by atoms with van der Waals surface area (Å²) in [4.78, 5) is 29.6. The molecule has 148 valence electrons. The molecule has 0 atom stereocenters. The van der Waals surface area contributed by atoms with Gasteiger partial charge in [0.15, 0.2) is 11.2 Å². The maximum atomic E-state index is 13.6. The van der Waals surface area contributed by atoms with E-state index in [0.29, 0.717) is 6.54 Å². The van der Waals surface area contributed by atoms with Crippen molar-refractivity contribution in [1.82, 2.24) is 18.7 Å². The van der Waals surface area contributed by atoms with Crippen LogP contribution in [0.2, 0.25) is 0 Å². The van der Waals surface area contributed by atoms with Crippen LogP contribution in [0.25, 0.3) is 11.2 Å². The van der Waals surface area contributed by atoms with Gasteiger partial charge < -0.3 is 4.74 Å². The van der Waals surface area contributed by atoms with E-state index in [9.17, 15) is 14.0 Å². The molecule has 2 aromatic carbocycles. The van der Waals surface area contributed by atoms with E-state index in [0.717, 1.165) is 15.7 Å². The van der Waals surface area contributed by atoms with Gasteiger partial charge in [0.25, 0.3) is 5.56 Å². The summed E-state index contributed by atoms with van der Waals surface area (Å²) < 4.78 is 23.3. The number of aryl methyl sites for hydroxylation is 2. The van der Waals surface area contributed by atoms with Gasteiger partial charge in [-0.2, -0.15) is 4.98 Å². The van der Waals surface area contributed by atoms with Gasteiger partial charge in [0, 0.05) is 20.2 Å². The average Bonchev–Trinajstić information content (AvgIpc) is 3.03. The highest BCUT2D eigenvalue weighted by Gasteiger charge is 2.21. The van der Waals surface area contributed by atoms with Crippen molar-refractivity contribution in [3.05, 3.63) is 86.3 Å². The molecule has 7 nitrogen and oxygen atoms in total. The molecule has 0 radical (unpaired) electrons. The smallest absolute Gasteiger partial charge is 0.332 e. The van der Waals surface area contributed by atoms with Crippen LogP contribution in [0.5, 0.6) is 11.8 Å². The van der Waals surface area contributed by atoms with E-state index in [2.05, 4.69) is 4.98 Å². The van der Waals surface area contributed by atoms with Crippen molar-refractivity contribution >= 4 is 11.2 Å². The van der Waals surface area contributed by atoms with Crippen LogP contribution in [-0.4, -0.2) is 18.7 Å². The molecule has 0 N–H and O–H groups in total. The van der Waals surface area contributed by atoms with E-state index < -0.39 is 17.1 Å². The highest BCUT2D eigenvalue weighted by atomic mass is 19.1. The molecule has 0 amide bonds. The molecule has 8 heteroatoms. The zero-order chi connectivity index (χ0) is 20.7. The Balaban J connectivity index is 1.96. The summed E-state index contributed by atoms with van der Waals surface area (Å²) >= 11 is 0. The molecule has 0 unspecified atom stereocenters. The Kier molecular flexibility index (Phi) is 4.54. The lowest BCUT2D eigenvalue weighted by Crippen LogP contribution is -2.37. The van der Waals surface area contributed by atoms with Crippen LogP contribution in [-0.2, 0) is 20.6 Å². The van der Waals surface area contributed by atoms with E-state index in [1.807, 2.05) is 31.2 Å². The van der Waals surface area contributed by atoms with Gasteiger partial charge >= 0.3 is 11.7 Å². The first-order chi connectivity index (χ1) is 13.8. The van der Waals surface area contributed by atoms with Crippen molar-refractivity contribution < 1.29 is 9.13 Å². The highest BCUT2D eigenvalue weighted by molar-refractivity contribution is 5.72. The van der Waals surface area contributed by atoms with Crippen LogP contribution < -0.4 is 16.0 Å². The SMILES string of the molecule is Cc1cccc(Cn2c(Oc3cccc(F)c3)nc3c2c(=O)n(C)c(=O)n3C)c1. The van der Waals surface area contributed by atoms with Crippen LogP contribution in [0.1, 0.15) is 11.1 Å². The summed E-state index contributed by atoms with van der Waals surface area (Å²) in [5.41, 5.74) is 1.49. The fraction of sp³-hybridized carbons (Fsp3) is 0.190. The van der Waals surface area contributed by atoms with Crippen molar-refractivity contribution in [3.63, 3.8) is 0 Å². The lowest BCUT2D eigenvalue weighted by Gasteiger charge is -2.11. The molecule has 2 aromatic heterocycles. The summed E-state index contributed by atoms with van der Waals surface area (Å²) in [6.45, 7) is 2.28. The van der Waals surface area contributed by atoms with Crippen LogP contribution >= 0.6 is 0 Å². The third-order valence-corrected chi connectivity index (χ3v) is 4.74. The first-order valence-electron chi connectivity index (χ1n) is 9.00. The fourth-order valence-electron chi connectivity index (χ4n) is 3.28. The maximum absolute atomic E-state index is 13.6. The Bertz CT molecular complexity index is 1350. The standard InChI is InChI=1S/C21H19FN4O3/c1-13-6-4-7-14(10-13)12-26-17-18(24(2)21(28)25(3)19(17)27)23-20(26)29-16-9-5-8-15(22)11-16/h4-11H,12H2,1-3H3. The van der Waals surface area contributed by atoms with Gasteiger partial charge in [-0.15, -0.1) is 0 Å². The van der Waals surface area contributed by atoms with Crippen molar-refractivity contribution in [2.75, 3.05) is 0 Å². The van der Waals surface area contributed by atoms with Gasteiger partial charge in [-0.05, 0) is 24.6 Å². The second-order valence-electron chi connectivity index (χ2n) is 6.91. The molecule has 0 aliphatic rings. The topological polar surface area (TPSA) is 71.1 Å². The average molecular weight is 394 g/mol. The summed E-state index contributed by atoms with van der Waals surface area (Å²) in [6.07, 6.45) is 0. The Labute approximate surface area is 165 Å². The zero-order valence-corrected chi connectivity index (χ0v) is 16.2. The molecule has 0 saturated heterocycles. The van der Waals surface area contributed by atoms with Crippen LogP contribution in [0, 0.1) is 12.7 Å². The highest BCUT2D eigenvalue weighted by Crippen LogP contribution is 2.25. The van der Waals surface area contributed by atoms with E-state index in [1.54, 1.807) is 17.7 Å². The first-order valence-corrected chi connectivity index (χ1v) is 9.00. The molecule has 4 aromatic rings. The summed E-state index contributed by atoms with van der Waals surface area (Å²) in [7, 11) is 2.96. The van der Waals surface area contributed by atoms with Gasteiger partial charge in [0.05, 0.1) is 6.54 Å². The zero-order valence-electron chi connectivity index (χ0n) is 16.2. The van der Waals surface area contributed by atoms with Gasteiger partial charge in [-0.1, -0.05) is 35.9 Å². The maximum Gasteiger partial charge on any atom is 0.332 e. The molecule has 0 aliphatic carbocycles. The second-order valence-corrected chi connectivity index (χ2v) is 6.91. The number of hydrogen-bond donors (Lipinski definition) is 0. The molecular weight excluding hydrogens is 375 g/mol. The minimum Gasteiger partial charge on any atom is -0.425 e. The summed E-state index contributed by atoms with van der Waals surface area (Å²) in [5, 5.41) is 0. The third-order valence-electron chi connectivity index (χ3n) is 4.74. The Hall–Kier alpha value is -3.68. The first kappa shape index (κ1) is 18.7. The van der Waals surface area contributed by atoms with Gasteiger partial charge in [-0.3, -0.25) is 18.5 Å². The van der Waals surface area contributed by atoms with Crippen LogP contribution in [0.4, 0.5) is 4.39 Å². The number of fused-ring (bicyclic) bond motifs is 1. The minimum atomic E-state index is -0.486. The quantitative estimate of drug-likeness (QED) is 0.534. The number of hydrogen-bond acceptors (Lipinski definition) is 4. The third kappa shape index (κ3) is 3.33. The molecule has 4 rings (SSSR count). The second kappa shape index (κ2) is 7.05. The lowest BCUT2D eigenvalue weighted by molar-refractivity contribution is 0.418. The lowest BCUT2D eigenvalue weighted by atomic mass is 10.1. The Morgan fingerprint density at radius 3 is 2.52 bits per heavy atom. The van der Waals surface area contributed by atoms with Gasteiger partial charge in [-0.25, -0.2) is 9.18 Å². The Morgan fingerprint density at radius 2 is 1.79 bits per heavy atom. The molecule has 0 saturated carbocycles.